The van der Waals surface area contributed by atoms with E-state index in [4.69, 9.17) is 4.74 Å². The summed E-state index contributed by atoms with van der Waals surface area (Å²) in [6.45, 7) is -0.562. The Hall–Kier alpha value is -2.42. The minimum absolute atomic E-state index is 0.365. The van der Waals surface area contributed by atoms with E-state index in [1.54, 1.807) is 0 Å². The van der Waals surface area contributed by atoms with Crippen LogP contribution in [-0.2, 0) is 25.7 Å². The lowest BCUT2D eigenvalue weighted by Crippen LogP contribution is -2.44. The van der Waals surface area contributed by atoms with E-state index in [0.717, 1.165) is 22.6 Å². The minimum Gasteiger partial charge on any atom is -0.454 e. The van der Waals surface area contributed by atoms with Crippen LogP contribution in [0.25, 0.3) is 0 Å². The Morgan fingerprint density at radius 1 is 1.32 bits per heavy atom. The maximum atomic E-state index is 12.4. The molecule has 1 aromatic rings. The molecule has 4 amide bonds. The third-order valence-electron chi connectivity index (χ3n) is 4.39. The van der Waals surface area contributed by atoms with E-state index in [1.807, 2.05) is 17.5 Å². The Balaban J connectivity index is 1.43. The second-order valence-electron chi connectivity index (χ2n) is 6.13. The van der Waals surface area contributed by atoms with Crippen molar-refractivity contribution in [2.24, 2.45) is 0 Å². The fraction of sp³-hybridized carbons (Fsp3) is 0.500. The Bertz CT molecular complexity index is 682. The highest BCUT2D eigenvalue weighted by Gasteiger charge is 2.52. The molecule has 2 fully saturated rings. The first kappa shape index (κ1) is 17.4. The van der Waals surface area contributed by atoms with Crippen molar-refractivity contribution in [3.8, 4) is 0 Å². The average Bonchev–Trinajstić information content (AvgIpc) is 3.31. The third-order valence-corrected chi connectivity index (χ3v) is 5.27. The van der Waals surface area contributed by atoms with E-state index in [2.05, 4.69) is 10.6 Å². The summed E-state index contributed by atoms with van der Waals surface area (Å²) in [5.41, 5.74) is -0.852. The summed E-state index contributed by atoms with van der Waals surface area (Å²) in [6.07, 6.45) is 2.92. The number of hydrogen-bond donors (Lipinski definition) is 2. The normalized spacial score (nSPS) is 18.5. The highest BCUT2D eigenvalue weighted by atomic mass is 32.1. The van der Waals surface area contributed by atoms with E-state index < -0.39 is 36.6 Å². The molecule has 9 heteroatoms. The number of rotatable bonds is 6. The molecule has 0 radical (unpaired) electrons. The largest absolute Gasteiger partial charge is 0.454 e. The number of ether oxygens (including phenoxy) is 1. The Kier molecular flexibility index (Phi) is 5.03. The summed E-state index contributed by atoms with van der Waals surface area (Å²) in [6, 6.07) is 3.18. The maximum absolute atomic E-state index is 12.4. The summed E-state index contributed by atoms with van der Waals surface area (Å²) in [5.74, 6) is -1.61. The number of amides is 4. The van der Waals surface area contributed by atoms with Crippen molar-refractivity contribution in [3.63, 3.8) is 0 Å². The Labute approximate surface area is 148 Å². The molecule has 134 valence electrons. The summed E-state index contributed by atoms with van der Waals surface area (Å²) in [7, 11) is 0. The first-order chi connectivity index (χ1) is 12.0. The smallest absolute Gasteiger partial charge is 0.326 e. The molecule has 25 heavy (non-hydrogen) atoms. The van der Waals surface area contributed by atoms with Crippen LogP contribution in [0.2, 0.25) is 0 Å². The molecule has 1 aliphatic carbocycles. The number of esters is 1. The first-order valence-electron chi connectivity index (χ1n) is 8.09. The topological polar surface area (TPSA) is 105 Å². The molecule has 1 saturated carbocycles. The van der Waals surface area contributed by atoms with Crippen LogP contribution in [0.4, 0.5) is 4.79 Å². The van der Waals surface area contributed by atoms with Crippen molar-refractivity contribution in [1.29, 1.82) is 0 Å². The molecule has 0 unspecified atom stereocenters. The van der Waals surface area contributed by atoms with Gasteiger partial charge in [-0.3, -0.25) is 19.3 Å². The summed E-state index contributed by atoms with van der Waals surface area (Å²) < 4.78 is 4.86. The second-order valence-corrected chi connectivity index (χ2v) is 7.16. The monoisotopic (exact) mass is 365 g/mol. The van der Waals surface area contributed by atoms with Gasteiger partial charge in [0.1, 0.15) is 12.1 Å². The van der Waals surface area contributed by atoms with E-state index >= 15 is 0 Å². The molecule has 2 heterocycles. The summed E-state index contributed by atoms with van der Waals surface area (Å²) in [4.78, 5) is 49.8. The molecule has 1 spiro atoms. The average molecular weight is 365 g/mol. The molecule has 1 saturated heterocycles. The fourth-order valence-electron chi connectivity index (χ4n) is 3.11. The van der Waals surface area contributed by atoms with Crippen LogP contribution >= 0.6 is 11.3 Å². The van der Waals surface area contributed by atoms with Crippen molar-refractivity contribution in [1.82, 2.24) is 15.5 Å². The quantitative estimate of drug-likeness (QED) is 0.572. The van der Waals surface area contributed by atoms with E-state index in [-0.39, 0.29) is 5.91 Å². The summed E-state index contributed by atoms with van der Waals surface area (Å²) >= 11 is 1.51. The standard InChI is InChI=1S/C16H19N3O5S/c20-12(17-8-11-4-3-7-25-11)10-24-13(21)9-19-14(22)16(18-15(19)23)5-1-2-6-16/h3-4,7H,1-2,5-6,8-10H2,(H,17,20)(H,18,23). The van der Waals surface area contributed by atoms with Crippen molar-refractivity contribution in [3.05, 3.63) is 22.4 Å². The lowest BCUT2D eigenvalue weighted by molar-refractivity contribution is -0.151. The van der Waals surface area contributed by atoms with Gasteiger partial charge in [0.2, 0.25) is 0 Å². The van der Waals surface area contributed by atoms with Crippen molar-refractivity contribution >= 4 is 35.2 Å². The van der Waals surface area contributed by atoms with Gasteiger partial charge in [0, 0.05) is 4.88 Å². The molecule has 8 nitrogen and oxygen atoms in total. The molecule has 0 bridgehead atoms. The van der Waals surface area contributed by atoms with Gasteiger partial charge in [-0.1, -0.05) is 18.9 Å². The van der Waals surface area contributed by atoms with Gasteiger partial charge in [-0.15, -0.1) is 11.3 Å². The fourth-order valence-corrected chi connectivity index (χ4v) is 3.75. The van der Waals surface area contributed by atoms with Gasteiger partial charge in [0.25, 0.3) is 11.8 Å². The number of thiophene rings is 1. The SMILES string of the molecule is O=C(COC(=O)CN1C(=O)NC2(CCCC2)C1=O)NCc1cccs1. The zero-order chi connectivity index (χ0) is 17.9. The van der Waals surface area contributed by atoms with Crippen LogP contribution in [0.15, 0.2) is 17.5 Å². The highest BCUT2D eigenvalue weighted by molar-refractivity contribution is 7.09. The minimum atomic E-state index is -0.852. The van der Waals surface area contributed by atoms with Crippen LogP contribution < -0.4 is 10.6 Å². The molecule has 2 N–H and O–H groups in total. The second kappa shape index (κ2) is 7.22. The van der Waals surface area contributed by atoms with Gasteiger partial charge < -0.3 is 15.4 Å². The van der Waals surface area contributed by atoms with Crippen molar-refractivity contribution in [2.75, 3.05) is 13.2 Å². The Morgan fingerprint density at radius 2 is 2.08 bits per heavy atom. The number of hydrogen-bond acceptors (Lipinski definition) is 6. The van der Waals surface area contributed by atoms with Gasteiger partial charge in [0.15, 0.2) is 6.61 Å². The zero-order valence-electron chi connectivity index (χ0n) is 13.6. The molecule has 2 aliphatic rings. The lowest BCUT2D eigenvalue weighted by atomic mass is 9.98. The molecular formula is C16H19N3O5S. The van der Waals surface area contributed by atoms with Crippen LogP contribution in [-0.4, -0.2) is 47.4 Å². The molecule has 1 aliphatic heterocycles. The number of urea groups is 1. The number of nitrogens with one attached hydrogen (secondary N) is 2. The van der Waals surface area contributed by atoms with Gasteiger partial charge in [0.05, 0.1) is 6.54 Å². The van der Waals surface area contributed by atoms with Crippen LogP contribution in [0, 0.1) is 0 Å². The number of carbonyl (C=O) groups is 4. The van der Waals surface area contributed by atoms with Crippen LogP contribution in [0.5, 0.6) is 0 Å². The van der Waals surface area contributed by atoms with E-state index in [9.17, 15) is 19.2 Å². The van der Waals surface area contributed by atoms with Crippen LogP contribution in [0.1, 0.15) is 30.6 Å². The molecule has 0 aromatic carbocycles. The maximum Gasteiger partial charge on any atom is 0.326 e. The van der Waals surface area contributed by atoms with Gasteiger partial charge in [-0.2, -0.15) is 0 Å². The predicted octanol–water partition coefficient (Wildman–Crippen LogP) is 0.772. The van der Waals surface area contributed by atoms with Gasteiger partial charge in [-0.25, -0.2) is 4.79 Å². The molecular weight excluding hydrogens is 346 g/mol. The Morgan fingerprint density at radius 3 is 2.76 bits per heavy atom. The third kappa shape index (κ3) is 3.81. The zero-order valence-corrected chi connectivity index (χ0v) is 14.4. The summed E-state index contributed by atoms with van der Waals surface area (Å²) in [5, 5.41) is 7.21. The number of imide groups is 1. The number of nitrogens with zero attached hydrogens (tertiary/aromatic N) is 1. The number of carbonyl (C=O) groups excluding carboxylic acids is 4. The van der Waals surface area contributed by atoms with E-state index in [1.165, 1.54) is 11.3 Å². The molecule has 3 rings (SSSR count). The molecule has 1 aromatic heterocycles. The highest BCUT2D eigenvalue weighted by Crippen LogP contribution is 2.34. The van der Waals surface area contributed by atoms with Crippen molar-refractivity contribution in [2.45, 2.75) is 37.8 Å². The van der Waals surface area contributed by atoms with Gasteiger partial charge >= 0.3 is 12.0 Å². The lowest BCUT2D eigenvalue weighted by Gasteiger charge is -2.19. The van der Waals surface area contributed by atoms with Crippen LogP contribution in [0.3, 0.4) is 0 Å². The molecule has 0 atom stereocenters. The van der Waals surface area contributed by atoms with Gasteiger partial charge in [-0.05, 0) is 24.3 Å². The van der Waals surface area contributed by atoms with E-state index in [0.29, 0.717) is 19.4 Å². The first-order valence-corrected chi connectivity index (χ1v) is 8.97. The van der Waals surface area contributed by atoms with Crippen molar-refractivity contribution < 1.29 is 23.9 Å². The predicted molar refractivity (Wildman–Crippen MR) is 88.6 cm³/mol.